The molecule has 120 valence electrons. The van der Waals surface area contributed by atoms with Gasteiger partial charge in [-0.15, -0.1) is 0 Å². The quantitative estimate of drug-likeness (QED) is 0.491. The molecule has 0 rings (SSSR count). The Hall–Kier alpha value is -1.32. The molecule has 0 amide bonds. The first-order valence-electron chi connectivity index (χ1n) is 8.06. The Bertz CT molecular complexity index is 324. The predicted molar refractivity (Wildman–Crippen MR) is 82.2 cm³/mol. The van der Waals surface area contributed by atoms with E-state index >= 15 is 0 Å². The van der Waals surface area contributed by atoms with Crippen LogP contribution >= 0.6 is 0 Å². The lowest BCUT2D eigenvalue weighted by Gasteiger charge is -2.02. The lowest BCUT2D eigenvalue weighted by molar-refractivity contribution is -0.121. The first kappa shape index (κ1) is 19.7. The summed E-state index contributed by atoms with van der Waals surface area (Å²) in [6.45, 7) is 3.65. The maximum atomic E-state index is 11.6. The van der Waals surface area contributed by atoms with Crippen LogP contribution in [-0.4, -0.2) is 23.1 Å². The number of carbonyl (C=O) groups is 4. The largest absolute Gasteiger partial charge is 0.300 e. The molecule has 0 N–H and O–H groups in total. The molecule has 0 radical (unpaired) electrons. The van der Waals surface area contributed by atoms with Crippen LogP contribution in [0.15, 0.2) is 0 Å². The van der Waals surface area contributed by atoms with Crippen molar-refractivity contribution in [2.45, 2.75) is 84.5 Å². The number of carbonyl (C=O) groups excluding carboxylic acids is 4. The molecule has 21 heavy (non-hydrogen) atoms. The fourth-order valence-electron chi connectivity index (χ4n) is 2.05. The minimum absolute atomic E-state index is 0.132. The van der Waals surface area contributed by atoms with E-state index in [1.54, 1.807) is 0 Å². The Morgan fingerprint density at radius 1 is 0.476 bits per heavy atom. The van der Waals surface area contributed by atoms with Gasteiger partial charge in [-0.1, -0.05) is 13.8 Å². The second kappa shape index (κ2) is 12.4. The summed E-state index contributed by atoms with van der Waals surface area (Å²) in [5.41, 5.74) is 0. The number of hydrogen-bond acceptors (Lipinski definition) is 4. The lowest BCUT2D eigenvalue weighted by atomic mass is 10.0. The molecule has 0 aliphatic heterocycles. The van der Waals surface area contributed by atoms with Gasteiger partial charge in [0.25, 0.3) is 0 Å². The van der Waals surface area contributed by atoms with Gasteiger partial charge in [-0.05, 0) is 19.3 Å². The third kappa shape index (κ3) is 12.2. The zero-order chi connectivity index (χ0) is 16.1. The Balaban J connectivity index is 3.55. The molecule has 0 saturated carbocycles. The van der Waals surface area contributed by atoms with Gasteiger partial charge in [0.05, 0.1) is 0 Å². The number of ketones is 4. The number of rotatable bonds is 14. The van der Waals surface area contributed by atoms with Gasteiger partial charge in [0.1, 0.15) is 23.1 Å². The average molecular weight is 296 g/mol. The first-order valence-corrected chi connectivity index (χ1v) is 8.06. The van der Waals surface area contributed by atoms with Crippen molar-refractivity contribution in [2.75, 3.05) is 0 Å². The fraction of sp³-hybridized carbons (Fsp3) is 0.765. The summed E-state index contributed by atoms with van der Waals surface area (Å²) in [6.07, 6.45) is 5.56. The van der Waals surface area contributed by atoms with Crippen LogP contribution in [-0.2, 0) is 19.2 Å². The first-order chi connectivity index (χ1) is 9.99. The summed E-state index contributed by atoms with van der Waals surface area (Å²) in [4.78, 5) is 45.3. The van der Waals surface area contributed by atoms with Crippen LogP contribution in [0, 0.1) is 0 Å². The molecule has 0 aromatic heterocycles. The molecule has 0 saturated heterocycles. The van der Waals surface area contributed by atoms with Gasteiger partial charge in [0.15, 0.2) is 0 Å². The molecule has 4 nitrogen and oxygen atoms in total. The van der Waals surface area contributed by atoms with Crippen LogP contribution in [0.25, 0.3) is 0 Å². The lowest BCUT2D eigenvalue weighted by Crippen LogP contribution is -2.04. The molecule has 0 atom stereocenters. The highest BCUT2D eigenvalue weighted by Crippen LogP contribution is 2.08. The predicted octanol–water partition coefficient (Wildman–Crippen LogP) is 3.59. The standard InChI is InChI=1S/C17H28O4/c1-3-14(18)8-5-10-16(20)12-7-13-17(21)11-6-9-15(19)4-2/h3-13H2,1-2H3. The highest BCUT2D eigenvalue weighted by molar-refractivity contribution is 5.83. The summed E-state index contributed by atoms with van der Waals surface area (Å²) in [6, 6.07) is 0. The van der Waals surface area contributed by atoms with Crippen LogP contribution in [0.3, 0.4) is 0 Å². The van der Waals surface area contributed by atoms with Crippen LogP contribution in [0.5, 0.6) is 0 Å². The molecule has 0 aliphatic carbocycles. The normalized spacial score (nSPS) is 10.4. The van der Waals surface area contributed by atoms with Crippen LogP contribution < -0.4 is 0 Å². The van der Waals surface area contributed by atoms with E-state index in [-0.39, 0.29) is 23.1 Å². The van der Waals surface area contributed by atoms with Crippen LogP contribution in [0.1, 0.15) is 84.5 Å². The van der Waals surface area contributed by atoms with Crippen LogP contribution in [0.4, 0.5) is 0 Å². The Morgan fingerprint density at radius 3 is 0.952 bits per heavy atom. The average Bonchev–Trinajstić information content (AvgIpc) is 2.46. The van der Waals surface area contributed by atoms with Crippen molar-refractivity contribution in [1.29, 1.82) is 0 Å². The minimum Gasteiger partial charge on any atom is -0.300 e. The van der Waals surface area contributed by atoms with Crippen molar-refractivity contribution >= 4 is 23.1 Å². The zero-order valence-electron chi connectivity index (χ0n) is 13.4. The van der Waals surface area contributed by atoms with E-state index in [0.29, 0.717) is 70.6 Å². The van der Waals surface area contributed by atoms with Crippen molar-refractivity contribution in [3.05, 3.63) is 0 Å². The third-order valence-corrected chi connectivity index (χ3v) is 3.52. The number of hydrogen-bond donors (Lipinski definition) is 0. The summed E-state index contributed by atoms with van der Waals surface area (Å²) in [5.74, 6) is 0.653. The second-order valence-electron chi connectivity index (χ2n) is 5.42. The topological polar surface area (TPSA) is 68.3 Å². The Kier molecular flexibility index (Phi) is 11.6. The highest BCUT2D eigenvalue weighted by Gasteiger charge is 2.07. The van der Waals surface area contributed by atoms with Crippen molar-refractivity contribution in [3.8, 4) is 0 Å². The molecule has 0 spiro atoms. The maximum absolute atomic E-state index is 11.6. The Morgan fingerprint density at radius 2 is 0.714 bits per heavy atom. The highest BCUT2D eigenvalue weighted by atomic mass is 16.1. The summed E-state index contributed by atoms with van der Waals surface area (Å²) in [7, 11) is 0. The van der Waals surface area contributed by atoms with Crippen molar-refractivity contribution < 1.29 is 19.2 Å². The van der Waals surface area contributed by atoms with E-state index in [2.05, 4.69) is 0 Å². The van der Waals surface area contributed by atoms with E-state index in [0.717, 1.165) is 0 Å². The molecule has 0 fully saturated rings. The molecule has 0 bridgehead atoms. The van der Waals surface area contributed by atoms with Gasteiger partial charge < -0.3 is 0 Å². The van der Waals surface area contributed by atoms with Crippen molar-refractivity contribution in [3.63, 3.8) is 0 Å². The summed E-state index contributed by atoms with van der Waals surface area (Å²) < 4.78 is 0. The van der Waals surface area contributed by atoms with E-state index in [1.807, 2.05) is 13.8 Å². The molecular weight excluding hydrogens is 268 g/mol. The number of Topliss-reactive ketones (excluding diaryl/α,β-unsaturated/α-hetero) is 4. The molecule has 0 unspecified atom stereocenters. The van der Waals surface area contributed by atoms with Gasteiger partial charge in [-0.3, -0.25) is 19.2 Å². The van der Waals surface area contributed by atoms with E-state index in [9.17, 15) is 19.2 Å². The molecule has 0 aromatic rings. The minimum atomic E-state index is 0.132. The van der Waals surface area contributed by atoms with E-state index in [4.69, 9.17) is 0 Å². The molecular formula is C17H28O4. The smallest absolute Gasteiger partial charge is 0.132 e. The van der Waals surface area contributed by atoms with Crippen molar-refractivity contribution in [2.24, 2.45) is 0 Å². The van der Waals surface area contributed by atoms with E-state index in [1.165, 1.54) is 0 Å². The van der Waals surface area contributed by atoms with Crippen LogP contribution in [0.2, 0.25) is 0 Å². The zero-order valence-corrected chi connectivity index (χ0v) is 13.4. The van der Waals surface area contributed by atoms with E-state index < -0.39 is 0 Å². The monoisotopic (exact) mass is 296 g/mol. The fourth-order valence-corrected chi connectivity index (χ4v) is 2.05. The van der Waals surface area contributed by atoms with Gasteiger partial charge in [0.2, 0.25) is 0 Å². The molecule has 0 aliphatic rings. The summed E-state index contributed by atoms with van der Waals surface area (Å²) in [5, 5.41) is 0. The third-order valence-electron chi connectivity index (χ3n) is 3.52. The molecule has 0 heterocycles. The second-order valence-corrected chi connectivity index (χ2v) is 5.42. The Labute approximate surface area is 127 Å². The molecule has 4 heteroatoms. The maximum Gasteiger partial charge on any atom is 0.132 e. The van der Waals surface area contributed by atoms with Gasteiger partial charge in [-0.2, -0.15) is 0 Å². The SMILES string of the molecule is CCC(=O)CCCC(=O)CCCC(=O)CCCC(=O)CC. The van der Waals surface area contributed by atoms with Gasteiger partial charge in [0, 0.05) is 51.4 Å². The summed E-state index contributed by atoms with van der Waals surface area (Å²) >= 11 is 0. The molecule has 0 aromatic carbocycles. The van der Waals surface area contributed by atoms with Crippen molar-refractivity contribution in [1.82, 2.24) is 0 Å². The van der Waals surface area contributed by atoms with Gasteiger partial charge in [-0.25, -0.2) is 0 Å². The van der Waals surface area contributed by atoms with Gasteiger partial charge >= 0.3 is 0 Å².